The first-order valence-electron chi connectivity index (χ1n) is 9.41. The lowest BCUT2D eigenvalue weighted by Gasteiger charge is -2.05. The van der Waals surface area contributed by atoms with E-state index in [0.717, 1.165) is 22.5 Å². The first-order valence-corrected chi connectivity index (χ1v) is 9.41. The van der Waals surface area contributed by atoms with Gasteiger partial charge in [0.2, 0.25) is 0 Å². The normalized spacial score (nSPS) is 11.1. The molecule has 0 unspecified atom stereocenters. The summed E-state index contributed by atoms with van der Waals surface area (Å²) >= 11 is 0. The molecule has 0 aliphatic heterocycles. The number of nitrogens with one attached hydrogen (secondary N) is 3. The highest BCUT2D eigenvalue weighted by Crippen LogP contribution is 2.15. The predicted octanol–water partition coefficient (Wildman–Crippen LogP) is 2.71. The fourth-order valence-electron chi connectivity index (χ4n) is 3.35. The Morgan fingerprint density at radius 1 is 1.14 bits per heavy atom. The van der Waals surface area contributed by atoms with Gasteiger partial charge in [0.05, 0.1) is 5.69 Å². The highest BCUT2D eigenvalue weighted by molar-refractivity contribution is 6.08. The highest BCUT2D eigenvalue weighted by Gasteiger charge is 2.16. The van der Waals surface area contributed by atoms with Gasteiger partial charge in [0.1, 0.15) is 5.56 Å². The van der Waals surface area contributed by atoms with Gasteiger partial charge in [0.15, 0.2) is 5.65 Å². The Balaban J connectivity index is 1.61. The van der Waals surface area contributed by atoms with Crippen LogP contribution >= 0.6 is 0 Å². The molecule has 0 saturated carbocycles. The fraction of sp³-hybridized carbons (Fsp3) is 0.238. The van der Waals surface area contributed by atoms with Crippen molar-refractivity contribution in [3.63, 3.8) is 0 Å². The number of rotatable bonds is 5. The number of hydrogen-bond acceptors (Lipinski definition) is 4. The van der Waals surface area contributed by atoms with Crippen LogP contribution in [0, 0.1) is 20.8 Å². The summed E-state index contributed by atoms with van der Waals surface area (Å²) in [6.45, 7) is 5.90. The van der Waals surface area contributed by atoms with Crippen molar-refractivity contribution in [2.45, 2.75) is 33.6 Å². The van der Waals surface area contributed by atoms with Gasteiger partial charge in [-0.05, 0) is 51.3 Å². The maximum absolute atomic E-state index is 12.7. The Hall–Kier alpha value is -3.68. The molecule has 4 aromatic rings. The average Bonchev–Trinajstić information content (AvgIpc) is 3.26. The quantitative estimate of drug-likeness (QED) is 0.487. The number of benzene rings is 1. The number of carbonyl (C=O) groups is 1. The number of fused-ring (bicyclic) bond motifs is 1. The molecule has 8 heteroatoms. The van der Waals surface area contributed by atoms with Gasteiger partial charge >= 0.3 is 0 Å². The highest BCUT2D eigenvalue weighted by atomic mass is 16.2. The minimum absolute atomic E-state index is 0.250. The molecule has 0 bridgehead atoms. The van der Waals surface area contributed by atoms with Crippen molar-refractivity contribution in [2.75, 3.05) is 5.32 Å². The molecule has 0 radical (unpaired) electrons. The van der Waals surface area contributed by atoms with E-state index in [2.05, 4.69) is 25.6 Å². The van der Waals surface area contributed by atoms with E-state index in [0.29, 0.717) is 35.4 Å². The van der Waals surface area contributed by atoms with Crippen molar-refractivity contribution in [3.8, 4) is 0 Å². The minimum atomic E-state index is -0.321. The Kier molecular flexibility index (Phi) is 4.75. The van der Waals surface area contributed by atoms with Crippen LogP contribution in [-0.2, 0) is 12.8 Å². The molecular weight excluding hydrogens is 368 g/mol. The monoisotopic (exact) mass is 390 g/mol. The zero-order valence-electron chi connectivity index (χ0n) is 16.5. The molecular formula is C21H22N6O2. The van der Waals surface area contributed by atoms with E-state index in [1.807, 2.05) is 45.0 Å². The Labute approximate surface area is 167 Å². The number of aromatic nitrogens is 5. The lowest BCUT2D eigenvalue weighted by Crippen LogP contribution is -2.18. The Morgan fingerprint density at radius 2 is 1.90 bits per heavy atom. The second-order valence-corrected chi connectivity index (χ2v) is 7.16. The molecule has 0 atom stereocenters. The van der Waals surface area contributed by atoms with Crippen LogP contribution in [0.5, 0.6) is 0 Å². The van der Waals surface area contributed by atoms with E-state index in [-0.39, 0.29) is 11.5 Å². The van der Waals surface area contributed by atoms with Gasteiger partial charge in [-0.25, -0.2) is 9.50 Å². The largest absolute Gasteiger partial charge is 0.322 e. The maximum Gasteiger partial charge on any atom is 0.272 e. The number of amides is 1. The molecule has 0 saturated heterocycles. The van der Waals surface area contributed by atoms with E-state index in [9.17, 15) is 9.59 Å². The number of carbonyl (C=O) groups excluding carboxylic acids is 1. The van der Waals surface area contributed by atoms with E-state index >= 15 is 0 Å². The van der Waals surface area contributed by atoms with Crippen LogP contribution in [0.1, 0.15) is 38.6 Å². The SMILES string of the molecule is Cc1ccc(NC(=O)c2c[nH]n3c(=O)cc(CCc4c(C)n[nH]c4C)nc23)cc1. The van der Waals surface area contributed by atoms with Gasteiger partial charge in [-0.1, -0.05) is 17.7 Å². The number of H-pyrrole nitrogens is 2. The number of anilines is 1. The number of aromatic amines is 2. The van der Waals surface area contributed by atoms with Crippen LogP contribution in [0.15, 0.2) is 41.3 Å². The summed E-state index contributed by atoms with van der Waals surface area (Å²) in [5, 5.41) is 12.8. The van der Waals surface area contributed by atoms with Gasteiger partial charge in [-0.2, -0.15) is 5.10 Å². The van der Waals surface area contributed by atoms with E-state index in [1.165, 1.54) is 16.8 Å². The molecule has 148 valence electrons. The molecule has 1 amide bonds. The summed E-state index contributed by atoms with van der Waals surface area (Å²) in [6.07, 6.45) is 2.80. The molecule has 0 fully saturated rings. The summed E-state index contributed by atoms with van der Waals surface area (Å²) in [6, 6.07) is 9.01. The number of hydrogen-bond donors (Lipinski definition) is 3. The third kappa shape index (κ3) is 3.69. The molecule has 29 heavy (non-hydrogen) atoms. The van der Waals surface area contributed by atoms with Crippen LogP contribution in [0.2, 0.25) is 0 Å². The lowest BCUT2D eigenvalue weighted by atomic mass is 10.1. The van der Waals surface area contributed by atoms with Crippen molar-refractivity contribution < 1.29 is 4.79 Å². The summed E-state index contributed by atoms with van der Waals surface area (Å²) in [7, 11) is 0. The standard InChI is InChI=1S/C21H22N6O2/c1-12-4-6-15(7-5-12)24-21(29)18-11-22-27-19(28)10-16(23-20(18)27)8-9-17-13(2)25-26-14(17)3/h4-7,10-11,22H,8-9H2,1-3H3,(H,24,29)(H,25,26). The molecule has 0 spiro atoms. The van der Waals surface area contributed by atoms with Crippen LogP contribution in [0.25, 0.3) is 5.65 Å². The molecule has 3 heterocycles. The van der Waals surface area contributed by atoms with E-state index in [4.69, 9.17) is 0 Å². The molecule has 0 aliphatic rings. The van der Waals surface area contributed by atoms with Crippen LogP contribution in [-0.4, -0.2) is 30.7 Å². The second kappa shape index (κ2) is 7.38. The molecule has 3 N–H and O–H groups in total. The molecule has 4 rings (SSSR count). The van der Waals surface area contributed by atoms with Crippen molar-refractivity contribution >= 4 is 17.2 Å². The Bertz CT molecular complexity index is 1230. The summed E-state index contributed by atoms with van der Waals surface area (Å²) in [5.74, 6) is -0.321. The minimum Gasteiger partial charge on any atom is -0.322 e. The number of nitrogens with zero attached hydrogens (tertiary/aromatic N) is 3. The summed E-state index contributed by atoms with van der Waals surface area (Å²) in [5.41, 5.74) is 5.90. The van der Waals surface area contributed by atoms with Gasteiger partial charge in [0, 0.05) is 29.3 Å². The average molecular weight is 390 g/mol. The second-order valence-electron chi connectivity index (χ2n) is 7.16. The first kappa shape index (κ1) is 18.7. The van der Waals surface area contributed by atoms with Crippen molar-refractivity contribution in [1.82, 2.24) is 24.8 Å². The van der Waals surface area contributed by atoms with E-state index in [1.54, 1.807) is 0 Å². The first-order chi connectivity index (χ1) is 13.9. The maximum atomic E-state index is 12.7. The molecule has 3 aromatic heterocycles. The zero-order valence-corrected chi connectivity index (χ0v) is 16.5. The number of aryl methyl sites for hydroxylation is 4. The Morgan fingerprint density at radius 3 is 2.59 bits per heavy atom. The van der Waals surface area contributed by atoms with Gasteiger partial charge in [0.25, 0.3) is 11.5 Å². The summed E-state index contributed by atoms with van der Waals surface area (Å²) < 4.78 is 1.28. The predicted molar refractivity (Wildman–Crippen MR) is 110 cm³/mol. The molecule has 0 aliphatic carbocycles. The van der Waals surface area contributed by atoms with Gasteiger partial charge < -0.3 is 5.32 Å². The lowest BCUT2D eigenvalue weighted by molar-refractivity contribution is 0.102. The third-order valence-electron chi connectivity index (χ3n) is 5.02. The van der Waals surface area contributed by atoms with Gasteiger partial charge in [-0.3, -0.25) is 19.8 Å². The van der Waals surface area contributed by atoms with Crippen LogP contribution in [0.4, 0.5) is 5.69 Å². The molecule has 1 aromatic carbocycles. The smallest absolute Gasteiger partial charge is 0.272 e. The topological polar surface area (TPSA) is 108 Å². The third-order valence-corrected chi connectivity index (χ3v) is 5.02. The van der Waals surface area contributed by atoms with Crippen molar-refractivity contribution in [3.05, 3.63) is 80.7 Å². The van der Waals surface area contributed by atoms with Crippen LogP contribution in [0.3, 0.4) is 0 Å². The van der Waals surface area contributed by atoms with Crippen molar-refractivity contribution in [1.29, 1.82) is 0 Å². The van der Waals surface area contributed by atoms with Crippen molar-refractivity contribution in [2.24, 2.45) is 0 Å². The van der Waals surface area contributed by atoms with Crippen LogP contribution < -0.4 is 10.9 Å². The molecule has 8 nitrogen and oxygen atoms in total. The zero-order chi connectivity index (χ0) is 20.5. The van der Waals surface area contributed by atoms with Gasteiger partial charge in [-0.15, -0.1) is 0 Å². The fourth-order valence-corrected chi connectivity index (χ4v) is 3.35. The summed E-state index contributed by atoms with van der Waals surface area (Å²) in [4.78, 5) is 29.8. The van der Waals surface area contributed by atoms with E-state index < -0.39 is 0 Å².